The Kier molecular flexibility index (Phi) is 3.95. The first-order valence-electron chi connectivity index (χ1n) is 8.68. The molecule has 0 unspecified atom stereocenters. The maximum atomic E-state index is 12.6. The summed E-state index contributed by atoms with van der Waals surface area (Å²) in [7, 11) is 0. The first-order valence-corrected chi connectivity index (χ1v) is 8.68. The van der Waals surface area contributed by atoms with Gasteiger partial charge in [-0.25, -0.2) is 9.69 Å². The summed E-state index contributed by atoms with van der Waals surface area (Å²) >= 11 is 0. The average molecular weight is 350 g/mol. The third-order valence-electron chi connectivity index (χ3n) is 4.96. The quantitative estimate of drug-likeness (QED) is 0.860. The lowest BCUT2D eigenvalue weighted by Gasteiger charge is -2.30. The molecule has 2 amide bonds. The Hall–Kier alpha value is -3.15. The molecule has 0 aliphatic carbocycles. The summed E-state index contributed by atoms with van der Waals surface area (Å²) in [4.78, 5) is 40.2. The number of carbonyl (C=O) groups is 3. The number of piperidine rings is 1. The number of imide groups is 1. The second-order valence-corrected chi connectivity index (χ2v) is 6.55. The third kappa shape index (κ3) is 2.54. The molecule has 6 heteroatoms. The van der Waals surface area contributed by atoms with Crippen LogP contribution < -0.4 is 9.80 Å². The number of anilines is 2. The molecule has 0 aromatic heterocycles. The predicted molar refractivity (Wildman–Crippen MR) is 97.0 cm³/mol. The van der Waals surface area contributed by atoms with E-state index >= 15 is 0 Å². The smallest absolute Gasteiger partial charge is 0.337 e. The molecule has 1 N–H and O–H groups in total. The van der Waals surface area contributed by atoms with Crippen molar-refractivity contribution >= 4 is 29.2 Å². The number of benzene rings is 2. The van der Waals surface area contributed by atoms with Gasteiger partial charge in [0.1, 0.15) is 0 Å². The van der Waals surface area contributed by atoms with Crippen molar-refractivity contribution in [1.29, 1.82) is 0 Å². The van der Waals surface area contributed by atoms with E-state index in [2.05, 4.69) is 4.90 Å². The van der Waals surface area contributed by atoms with Gasteiger partial charge < -0.3 is 10.0 Å². The topological polar surface area (TPSA) is 77.9 Å². The highest BCUT2D eigenvalue weighted by atomic mass is 16.4. The third-order valence-corrected chi connectivity index (χ3v) is 4.96. The van der Waals surface area contributed by atoms with E-state index in [-0.39, 0.29) is 11.3 Å². The van der Waals surface area contributed by atoms with Crippen LogP contribution in [0.3, 0.4) is 0 Å². The van der Waals surface area contributed by atoms with E-state index < -0.39 is 17.8 Å². The summed E-state index contributed by atoms with van der Waals surface area (Å²) in [5.74, 6) is -1.91. The molecule has 6 nitrogen and oxygen atoms in total. The number of rotatable bonds is 3. The van der Waals surface area contributed by atoms with Gasteiger partial charge in [0.2, 0.25) is 0 Å². The van der Waals surface area contributed by atoms with E-state index in [1.165, 1.54) is 6.07 Å². The summed E-state index contributed by atoms with van der Waals surface area (Å²) < 4.78 is 0. The van der Waals surface area contributed by atoms with Crippen molar-refractivity contribution in [3.63, 3.8) is 0 Å². The number of carboxylic acids is 1. The number of carboxylic acid groups (broad SMARTS) is 1. The van der Waals surface area contributed by atoms with Crippen LogP contribution in [0.15, 0.2) is 42.5 Å². The Morgan fingerprint density at radius 2 is 1.50 bits per heavy atom. The Labute approximate surface area is 150 Å². The van der Waals surface area contributed by atoms with Crippen LogP contribution in [-0.2, 0) is 0 Å². The van der Waals surface area contributed by atoms with Crippen LogP contribution in [0, 0.1) is 0 Å². The number of amides is 2. The normalized spacial score (nSPS) is 16.8. The number of hydrogen-bond acceptors (Lipinski definition) is 4. The van der Waals surface area contributed by atoms with E-state index in [9.17, 15) is 19.5 Å². The number of hydrogen-bond donors (Lipinski definition) is 1. The second-order valence-electron chi connectivity index (χ2n) is 6.55. The predicted octanol–water partition coefficient (Wildman–Crippen LogP) is 3.18. The standard InChI is InChI=1S/C20H18N2O4/c23-18-14-6-2-3-7-15(14)19(24)22(18)13-8-9-17(16(12-13)20(25)26)21-10-4-1-5-11-21/h2-3,6-9,12H,1,4-5,10-11H2,(H,25,26). The van der Waals surface area contributed by atoms with Gasteiger partial charge in [-0.1, -0.05) is 12.1 Å². The highest BCUT2D eigenvalue weighted by Crippen LogP contribution is 2.33. The van der Waals surface area contributed by atoms with Crippen LogP contribution in [0.25, 0.3) is 0 Å². The van der Waals surface area contributed by atoms with Crippen molar-refractivity contribution in [2.75, 3.05) is 22.9 Å². The fraction of sp³-hybridized carbons (Fsp3) is 0.250. The van der Waals surface area contributed by atoms with Gasteiger partial charge in [-0.05, 0) is 49.6 Å². The van der Waals surface area contributed by atoms with E-state index in [1.54, 1.807) is 36.4 Å². The molecule has 2 aliphatic rings. The van der Waals surface area contributed by atoms with E-state index in [4.69, 9.17) is 0 Å². The molecule has 2 aromatic carbocycles. The lowest BCUT2D eigenvalue weighted by atomic mass is 10.1. The van der Waals surface area contributed by atoms with Crippen molar-refractivity contribution in [1.82, 2.24) is 0 Å². The van der Waals surface area contributed by atoms with E-state index in [1.807, 2.05) is 0 Å². The maximum absolute atomic E-state index is 12.6. The molecule has 4 rings (SSSR count). The molecule has 2 heterocycles. The fourth-order valence-corrected chi connectivity index (χ4v) is 3.67. The number of nitrogens with zero attached hydrogens (tertiary/aromatic N) is 2. The van der Waals surface area contributed by atoms with Crippen molar-refractivity contribution in [3.8, 4) is 0 Å². The molecular formula is C20H18N2O4. The number of carbonyl (C=O) groups excluding carboxylic acids is 2. The SMILES string of the molecule is O=C(O)c1cc(N2C(=O)c3ccccc3C2=O)ccc1N1CCCCC1. The average Bonchev–Trinajstić information content (AvgIpc) is 2.93. The molecule has 0 saturated carbocycles. The summed E-state index contributed by atoms with van der Waals surface area (Å²) in [6.45, 7) is 1.62. The summed E-state index contributed by atoms with van der Waals surface area (Å²) in [6, 6.07) is 11.4. The largest absolute Gasteiger partial charge is 0.478 e. The van der Waals surface area contributed by atoms with Crippen molar-refractivity contribution in [2.45, 2.75) is 19.3 Å². The molecule has 26 heavy (non-hydrogen) atoms. The first-order chi connectivity index (χ1) is 12.6. The highest BCUT2D eigenvalue weighted by molar-refractivity contribution is 6.34. The van der Waals surface area contributed by atoms with Gasteiger partial charge in [0.15, 0.2) is 0 Å². The molecule has 132 valence electrons. The van der Waals surface area contributed by atoms with Gasteiger partial charge in [-0.2, -0.15) is 0 Å². The number of aromatic carboxylic acids is 1. The zero-order chi connectivity index (χ0) is 18.3. The summed E-state index contributed by atoms with van der Waals surface area (Å²) in [5, 5.41) is 9.65. The Bertz CT molecular complexity index is 881. The lowest BCUT2D eigenvalue weighted by molar-refractivity contribution is 0.0696. The van der Waals surface area contributed by atoms with Crippen molar-refractivity contribution in [2.24, 2.45) is 0 Å². The van der Waals surface area contributed by atoms with Gasteiger partial charge in [0.05, 0.1) is 28.1 Å². The first kappa shape index (κ1) is 16.3. The molecule has 0 spiro atoms. The van der Waals surface area contributed by atoms with Crippen LogP contribution in [0.1, 0.15) is 50.3 Å². The molecular weight excluding hydrogens is 332 g/mol. The zero-order valence-corrected chi connectivity index (χ0v) is 14.1. The van der Waals surface area contributed by atoms with Crippen molar-refractivity contribution in [3.05, 3.63) is 59.2 Å². The molecule has 1 fully saturated rings. The highest BCUT2D eigenvalue weighted by Gasteiger charge is 2.36. The van der Waals surface area contributed by atoms with Crippen LogP contribution in [0.5, 0.6) is 0 Å². The Morgan fingerprint density at radius 1 is 0.885 bits per heavy atom. The second kappa shape index (κ2) is 6.29. The molecule has 2 aromatic rings. The maximum Gasteiger partial charge on any atom is 0.337 e. The summed E-state index contributed by atoms with van der Waals surface area (Å²) in [6.07, 6.45) is 3.20. The van der Waals surface area contributed by atoms with Crippen LogP contribution in [0.4, 0.5) is 11.4 Å². The summed E-state index contributed by atoms with van der Waals surface area (Å²) in [5.41, 5.74) is 1.72. The van der Waals surface area contributed by atoms with Gasteiger partial charge >= 0.3 is 5.97 Å². The Morgan fingerprint density at radius 3 is 2.08 bits per heavy atom. The molecule has 0 bridgehead atoms. The monoisotopic (exact) mass is 350 g/mol. The van der Waals surface area contributed by atoms with Gasteiger partial charge in [-0.3, -0.25) is 9.59 Å². The molecule has 1 saturated heterocycles. The van der Waals surface area contributed by atoms with Gasteiger partial charge in [0, 0.05) is 13.1 Å². The van der Waals surface area contributed by atoms with Crippen LogP contribution in [0.2, 0.25) is 0 Å². The molecule has 2 aliphatic heterocycles. The molecule has 0 radical (unpaired) electrons. The van der Waals surface area contributed by atoms with E-state index in [0.717, 1.165) is 37.3 Å². The number of fused-ring (bicyclic) bond motifs is 1. The minimum Gasteiger partial charge on any atom is -0.478 e. The lowest BCUT2D eigenvalue weighted by Crippen LogP contribution is -2.32. The minimum absolute atomic E-state index is 0.112. The fourth-order valence-electron chi connectivity index (χ4n) is 3.67. The van der Waals surface area contributed by atoms with Gasteiger partial charge in [-0.15, -0.1) is 0 Å². The van der Waals surface area contributed by atoms with Crippen molar-refractivity contribution < 1.29 is 19.5 Å². The van der Waals surface area contributed by atoms with E-state index in [0.29, 0.717) is 16.8 Å². The van der Waals surface area contributed by atoms with Crippen LogP contribution in [-0.4, -0.2) is 36.0 Å². The Balaban J connectivity index is 1.74. The van der Waals surface area contributed by atoms with Crippen LogP contribution >= 0.6 is 0 Å². The minimum atomic E-state index is -1.07. The molecule has 0 atom stereocenters. The van der Waals surface area contributed by atoms with Gasteiger partial charge in [0.25, 0.3) is 11.8 Å². The zero-order valence-electron chi connectivity index (χ0n) is 14.1.